The monoisotopic (exact) mass is 292 g/mol. The molecule has 0 spiro atoms. The van der Waals surface area contributed by atoms with Gasteiger partial charge in [0, 0.05) is 28.8 Å². The fourth-order valence-corrected chi connectivity index (χ4v) is 2.24. The largest absolute Gasteiger partial charge is 0.294 e. The Morgan fingerprint density at radius 1 is 1.00 bits per heavy atom. The van der Waals surface area contributed by atoms with E-state index in [1.807, 2.05) is 36.4 Å². The number of nitro benzene ring substituents is 1. The minimum Gasteiger partial charge on any atom is -0.294 e. The van der Waals surface area contributed by atoms with Crippen molar-refractivity contribution < 1.29 is 9.72 Å². The Morgan fingerprint density at radius 3 is 2.45 bits per heavy atom. The lowest BCUT2D eigenvalue weighted by atomic mass is 10.1. The molecule has 0 aliphatic carbocycles. The van der Waals surface area contributed by atoms with Gasteiger partial charge in [0.15, 0.2) is 5.78 Å². The molecule has 0 saturated heterocycles. The van der Waals surface area contributed by atoms with Crippen molar-refractivity contribution in [3.8, 4) is 0 Å². The number of nitrogens with zero attached hydrogens (tertiary/aromatic N) is 2. The summed E-state index contributed by atoms with van der Waals surface area (Å²) < 4.78 is 0. The Labute approximate surface area is 126 Å². The third-order valence-corrected chi connectivity index (χ3v) is 3.40. The smallest absolute Gasteiger partial charge is 0.269 e. The van der Waals surface area contributed by atoms with Gasteiger partial charge in [0.05, 0.1) is 16.9 Å². The normalized spacial score (nSPS) is 10.5. The first-order valence-corrected chi connectivity index (χ1v) is 6.76. The number of ketones is 1. The number of hydrogen-bond acceptors (Lipinski definition) is 4. The summed E-state index contributed by atoms with van der Waals surface area (Å²) in [5, 5.41) is 11.6. The van der Waals surface area contributed by atoms with Crippen LogP contribution in [0.2, 0.25) is 0 Å². The van der Waals surface area contributed by atoms with E-state index in [1.54, 1.807) is 0 Å². The minimum atomic E-state index is -0.487. The Hall–Kier alpha value is -3.08. The number of fused-ring (bicyclic) bond motifs is 1. The first kappa shape index (κ1) is 13.9. The Bertz CT molecular complexity index is 857. The second-order valence-corrected chi connectivity index (χ2v) is 4.90. The van der Waals surface area contributed by atoms with Crippen LogP contribution in [0.5, 0.6) is 0 Å². The molecule has 0 unspecified atom stereocenters. The van der Waals surface area contributed by atoms with E-state index in [0.29, 0.717) is 11.3 Å². The van der Waals surface area contributed by atoms with E-state index in [4.69, 9.17) is 0 Å². The highest BCUT2D eigenvalue weighted by Crippen LogP contribution is 2.15. The van der Waals surface area contributed by atoms with E-state index >= 15 is 0 Å². The molecule has 3 rings (SSSR count). The van der Waals surface area contributed by atoms with Crippen molar-refractivity contribution >= 4 is 22.4 Å². The van der Waals surface area contributed by atoms with Gasteiger partial charge >= 0.3 is 0 Å². The molecule has 0 saturated carbocycles. The van der Waals surface area contributed by atoms with Crippen molar-refractivity contribution in [2.75, 3.05) is 0 Å². The molecule has 0 N–H and O–H groups in total. The third kappa shape index (κ3) is 2.83. The first-order chi connectivity index (χ1) is 10.6. The topological polar surface area (TPSA) is 73.1 Å². The second kappa shape index (κ2) is 5.73. The number of carbonyl (C=O) groups is 1. The standard InChI is InChI=1S/C17H12N2O3/c20-17(13-6-9-15(10-7-13)19(21)22)11-14-8-5-12-3-1-2-4-16(12)18-14/h1-10H,11H2. The molecule has 2 aromatic carbocycles. The number of para-hydroxylation sites is 1. The lowest BCUT2D eigenvalue weighted by molar-refractivity contribution is -0.384. The van der Waals surface area contributed by atoms with E-state index < -0.39 is 4.92 Å². The molecule has 0 aliphatic rings. The molecule has 0 bridgehead atoms. The highest BCUT2D eigenvalue weighted by atomic mass is 16.6. The van der Waals surface area contributed by atoms with Crippen LogP contribution in [0.4, 0.5) is 5.69 Å². The number of benzene rings is 2. The molecule has 0 aliphatic heterocycles. The maximum absolute atomic E-state index is 12.2. The van der Waals surface area contributed by atoms with Gasteiger partial charge in [-0.15, -0.1) is 0 Å². The molecule has 0 atom stereocenters. The maximum atomic E-state index is 12.2. The number of hydrogen-bond donors (Lipinski definition) is 0. The number of Topliss-reactive ketones (excluding diaryl/α,β-unsaturated/α-hetero) is 1. The summed E-state index contributed by atoms with van der Waals surface area (Å²) >= 11 is 0. The van der Waals surface area contributed by atoms with Crippen LogP contribution in [0.15, 0.2) is 60.7 Å². The van der Waals surface area contributed by atoms with Crippen LogP contribution in [0.3, 0.4) is 0 Å². The number of non-ortho nitro benzene ring substituents is 1. The van der Waals surface area contributed by atoms with Crippen LogP contribution >= 0.6 is 0 Å². The molecule has 5 nitrogen and oxygen atoms in total. The lowest BCUT2D eigenvalue weighted by Crippen LogP contribution is -2.05. The van der Waals surface area contributed by atoms with E-state index in [2.05, 4.69) is 4.98 Å². The zero-order chi connectivity index (χ0) is 15.5. The van der Waals surface area contributed by atoms with Crippen molar-refractivity contribution in [3.05, 3.63) is 82.0 Å². The molecule has 0 radical (unpaired) electrons. The van der Waals surface area contributed by atoms with Crippen molar-refractivity contribution in [2.45, 2.75) is 6.42 Å². The summed E-state index contributed by atoms with van der Waals surface area (Å²) in [5.41, 5.74) is 1.94. The van der Waals surface area contributed by atoms with Gasteiger partial charge in [-0.25, -0.2) is 0 Å². The van der Waals surface area contributed by atoms with Crippen LogP contribution in [0, 0.1) is 10.1 Å². The van der Waals surface area contributed by atoms with Crippen LogP contribution in [0.25, 0.3) is 10.9 Å². The fraction of sp³-hybridized carbons (Fsp3) is 0.0588. The van der Waals surface area contributed by atoms with Gasteiger partial charge in [-0.05, 0) is 24.3 Å². The molecular formula is C17H12N2O3. The number of aromatic nitrogens is 1. The van der Waals surface area contributed by atoms with Crippen molar-refractivity contribution in [1.82, 2.24) is 4.98 Å². The Balaban J connectivity index is 1.81. The second-order valence-electron chi connectivity index (χ2n) is 4.90. The number of carbonyl (C=O) groups excluding carboxylic acids is 1. The van der Waals surface area contributed by atoms with E-state index in [1.165, 1.54) is 24.3 Å². The highest BCUT2D eigenvalue weighted by molar-refractivity contribution is 5.97. The van der Waals surface area contributed by atoms with E-state index in [9.17, 15) is 14.9 Å². The van der Waals surface area contributed by atoms with Crippen molar-refractivity contribution in [3.63, 3.8) is 0 Å². The number of rotatable bonds is 4. The van der Waals surface area contributed by atoms with Gasteiger partial charge in [-0.2, -0.15) is 0 Å². The quantitative estimate of drug-likeness (QED) is 0.418. The molecular weight excluding hydrogens is 280 g/mol. The van der Waals surface area contributed by atoms with Crippen LogP contribution in [-0.4, -0.2) is 15.7 Å². The van der Waals surface area contributed by atoms with E-state index in [-0.39, 0.29) is 17.9 Å². The molecule has 0 amide bonds. The van der Waals surface area contributed by atoms with Gasteiger partial charge in [0.1, 0.15) is 0 Å². The first-order valence-electron chi connectivity index (χ1n) is 6.76. The molecule has 108 valence electrons. The summed E-state index contributed by atoms with van der Waals surface area (Å²) in [6.45, 7) is 0. The zero-order valence-electron chi connectivity index (χ0n) is 11.6. The zero-order valence-corrected chi connectivity index (χ0v) is 11.6. The van der Waals surface area contributed by atoms with Crippen molar-refractivity contribution in [1.29, 1.82) is 0 Å². The van der Waals surface area contributed by atoms with Crippen molar-refractivity contribution in [2.24, 2.45) is 0 Å². The third-order valence-electron chi connectivity index (χ3n) is 3.40. The molecule has 1 heterocycles. The van der Waals surface area contributed by atoms with Gasteiger partial charge in [0.25, 0.3) is 5.69 Å². The van der Waals surface area contributed by atoms with Gasteiger partial charge in [0.2, 0.25) is 0 Å². The molecule has 3 aromatic rings. The molecule has 5 heteroatoms. The molecule has 22 heavy (non-hydrogen) atoms. The number of nitro groups is 1. The van der Waals surface area contributed by atoms with Gasteiger partial charge in [-0.1, -0.05) is 24.3 Å². The Morgan fingerprint density at radius 2 is 1.73 bits per heavy atom. The van der Waals surface area contributed by atoms with Crippen LogP contribution in [0.1, 0.15) is 16.1 Å². The highest BCUT2D eigenvalue weighted by Gasteiger charge is 2.11. The van der Waals surface area contributed by atoms with Gasteiger partial charge in [-0.3, -0.25) is 19.9 Å². The summed E-state index contributed by atoms with van der Waals surface area (Å²) in [6, 6.07) is 17.1. The summed E-state index contributed by atoms with van der Waals surface area (Å²) in [4.78, 5) is 26.8. The average molecular weight is 292 g/mol. The summed E-state index contributed by atoms with van der Waals surface area (Å²) in [5.74, 6) is -0.113. The summed E-state index contributed by atoms with van der Waals surface area (Å²) in [7, 11) is 0. The predicted molar refractivity (Wildman–Crippen MR) is 82.9 cm³/mol. The van der Waals surface area contributed by atoms with Gasteiger partial charge < -0.3 is 0 Å². The lowest BCUT2D eigenvalue weighted by Gasteiger charge is -2.03. The summed E-state index contributed by atoms with van der Waals surface area (Å²) in [6.07, 6.45) is 0.169. The fourth-order valence-electron chi connectivity index (χ4n) is 2.24. The van der Waals surface area contributed by atoms with Crippen LogP contribution < -0.4 is 0 Å². The van der Waals surface area contributed by atoms with E-state index in [0.717, 1.165) is 10.9 Å². The maximum Gasteiger partial charge on any atom is 0.269 e. The number of pyridine rings is 1. The Kier molecular flexibility index (Phi) is 3.62. The molecule has 1 aromatic heterocycles. The SMILES string of the molecule is O=C(Cc1ccc2ccccc2n1)c1ccc([N+](=O)[O-])cc1. The minimum absolute atomic E-state index is 0.0274. The van der Waals surface area contributed by atoms with Crippen LogP contribution in [-0.2, 0) is 6.42 Å². The predicted octanol–water partition coefficient (Wildman–Crippen LogP) is 3.57. The average Bonchev–Trinajstić information content (AvgIpc) is 2.55. The molecule has 0 fully saturated rings.